The van der Waals surface area contributed by atoms with Crippen LogP contribution >= 0.6 is 0 Å². The normalized spacial score (nSPS) is 13.4. The van der Waals surface area contributed by atoms with Crippen LogP contribution in [0.4, 0.5) is 0 Å². The number of nitrogens with two attached hydrogens (primary N) is 1. The van der Waals surface area contributed by atoms with E-state index in [1.807, 2.05) is 0 Å². The maximum atomic E-state index is 6.08. The van der Waals surface area contributed by atoms with Crippen molar-refractivity contribution in [2.75, 3.05) is 0 Å². The van der Waals surface area contributed by atoms with Crippen LogP contribution in [0.5, 0.6) is 0 Å². The van der Waals surface area contributed by atoms with E-state index in [2.05, 4.69) is 35.5 Å². The van der Waals surface area contributed by atoms with Gasteiger partial charge in [-0.15, -0.1) is 10.2 Å². The van der Waals surface area contributed by atoms with Crippen LogP contribution in [0.25, 0.3) is 0 Å². The van der Waals surface area contributed by atoms with Crippen molar-refractivity contribution < 1.29 is 0 Å². The van der Waals surface area contributed by atoms with Crippen molar-refractivity contribution in [1.29, 1.82) is 0 Å². The highest BCUT2D eigenvalue weighted by Crippen LogP contribution is 2.15. The molecule has 1 atom stereocenters. The molecule has 0 amide bonds. The molecule has 0 bridgehead atoms. The third-order valence-corrected chi connectivity index (χ3v) is 2.41. The summed E-state index contributed by atoms with van der Waals surface area (Å²) in [6.45, 7) is 7.48. The topological polar surface area (TPSA) is 56.7 Å². The second kappa shape index (κ2) is 5.85. The van der Waals surface area contributed by atoms with Crippen LogP contribution in [0.3, 0.4) is 0 Å². The maximum absolute atomic E-state index is 6.08. The quantitative estimate of drug-likeness (QED) is 0.782. The van der Waals surface area contributed by atoms with Crippen LogP contribution in [-0.2, 0) is 6.54 Å². The number of hydrogen-bond acceptors (Lipinski definition) is 3. The smallest absolute Gasteiger partial charge is 0.149 e. The minimum absolute atomic E-state index is 0.0335. The molecule has 0 spiro atoms. The zero-order valence-electron chi connectivity index (χ0n) is 9.98. The van der Waals surface area contributed by atoms with Gasteiger partial charge in [0.15, 0.2) is 0 Å². The maximum Gasteiger partial charge on any atom is 0.149 e. The molecule has 4 heteroatoms. The zero-order chi connectivity index (χ0) is 11.3. The highest BCUT2D eigenvalue weighted by molar-refractivity contribution is 4.93. The van der Waals surface area contributed by atoms with Gasteiger partial charge < -0.3 is 10.3 Å². The number of unbranched alkanes of at least 4 members (excludes halogenated alkanes) is 1. The first-order valence-electron chi connectivity index (χ1n) is 5.78. The van der Waals surface area contributed by atoms with Gasteiger partial charge in [0, 0.05) is 6.54 Å². The van der Waals surface area contributed by atoms with Gasteiger partial charge in [-0.1, -0.05) is 33.6 Å². The number of aromatic nitrogens is 3. The highest BCUT2D eigenvalue weighted by Gasteiger charge is 2.13. The van der Waals surface area contributed by atoms with E-state index < -0.39 is 0 Å². The standard InChI is InChI=1S/C11H22N4/c1-4-5-6-10(12)11-14-13-8-15(11)7-9(2)3/h8-10H,4-7,12H2,1-3H3/t10-/m0/s1. The monoisotopic (exact) mass is 210 g/mol. The summed E-state index contributed by atoms with van der Waals surface area (Å²) < 4.78 is 2.07. The first-order valence-corrected chi connectivity index (χ1v) is 5.78. The van der Waals surface area contributed by atoms with Gasteiger partial charge in [-0.25, -0.2) is 0 Å². The van der Waals surface area contributed by atoms with Crippen molar-refractivity contribution in [2.45, 2.75) is 52.6 Å². The summed E-state index contributed by atoms with van der Waals surface area (Å²) in [6, 6.07) is 0.0335. The Kier molecular flexibility index (Phi) is 4.75. The third-order valence-electron chi connectivity index (χ3n) is 2.41. The predicted molar refractivity (Wildman–Crippen MR) is 61.3 cm³/mol. The summed E-state index contributed by atoms with van der Waals surface area (Å²) in [7, 11) is 0. The second-order valence-electron chi connectivity index (χ2n) is 4.48. The summed E-state index contributed by atoms with van der Waals surface area (Å²) in [6.07, 6.45) is 5.09. The Morgan fingerprint density at radius 3 is 2.80 bits per heavy atom. The molecule has 0 radical (unpaired) electrons. The molecule has 0 aliphatic rings. The van der Waals surface area contributed by atoms with Gasteiger partial charge in [0.25, 0.3) is 0 Å². The molecule has 0 aromatic carbocycles. The van der Waals surface area contributed by atoms with Gasteiger partial charge in [-0.3, -0.25) is 0 Å². The van der Waals surface area contributed by atoms with Gasteiger partial charge in [-0.05, 0) is 12.3 Å². The molecule has 0 unspecified atom stereocenters. The lowest BCUT2D eigenvalue weighted by Gasteiger charge is -2.13. The fourth-order valence-electron chi connectivity index (χ4n) is 1.64. The molecule has 86 valence electrons. The molecule has 4 nitrogen and oxygen atoms in total. The Hall–Kier alpha value is -0.900. The van der Waals surface area contributed by atoms with E-state index >= 15 is 0 Å². The molecule has 1 rings (SSSR count). The Bertz CT molecular complexity index is 280. The molecule has 15 heavy (non-hydrogen) atoms. The average Bonchev–Trinajstić information content (AvgIpc) is 2.61. The van der Waals surface area contributed by atoms with Crippen molar-refractivity contribution in [3.8, 4) is 0 Å². The number of rotatable bonds is 6. The van der Waals surface area contributed by atoms with E-state index in [0.29, 0.717) is 5.92 Å². The first-order chi connectivity index (χ1) is 7.15. The lowest BCUT2D eigenvalue weighted by atomic mass is 10.1. The SMILES string of the molecule is CCCC[C@H](N)c1nncn1CC(C)C. The van der Waals surface area contributed by atoms with Crippen LogP contribution in [0, 0.1) is 5.92 Å². The van der Waals surface area contributed by atoms with Gasteiger partial charge in [0.1, 0.15) is 12.2 Å². The number of nitrogens with zero attached hydrogens (tertiary/aromatic N) is 3. The molecule has 0 aliphatic carbocycles. The van der Waals surface area contributed by atoms with Gasteiger partial charge >= 0.3 is 0 Å². The van der Waals surface area contributed by atoms with Gasteiger partial charge in [-0.2, -0.15) is 0 Å². The van der Waals surface area contributed by atoms with E-state index in [9.17, 15) is 0 Å². The lowest BCUT2D eigenvalue weighted by Crippen LogP contribution is -2.18. The Morgan fingerprint density at radius 2 is 2.20 bits per heavy atom. The van der Waals surface area contributed by atoms with E-state index in [1.54, 1.807) is 6.33 Å². The molecular formula is C11H22N4. The molecule has 2 N–H and O–H groups in total. The minimum Gasteiger partial charge on any atom is -0.321 e. The van der Waals surface area contributed by atoms with Crippen molar-refractivity contribution in [2.24, 2.45) is 11.7 Å². The second-order valence-corrected chi connectivity index (χ2v) is 4.48. The van der Waals surface area contributed by atoms with Crippen molar-refractivity contribution in [1.82, 2.24) is 14.8 Å². The molecular weight excluding hydrogens is 188 g/mol. The van der Waals surface area contributed by atoms with Gasteiger partial charge in [0.05, 0.1) is 6.04 Å². The molecule has 0 fully saturated rings. The van der Waals surface area contributed by atoms with E-state index in [0.717, 1.165) is 25.2 Å². The molecule has 1 aromatic heterocycles. The van der Waals surface area contributed by atoms with Crippen LogP contribution in [0.2, 0.25) is 0 Å². The van der Waals surface area contributed by atoms with Crippen molar-refractivity contribution >= 4 is 0 Å². The van der Waals surface area contributed by atoms with E-state index in [1.165, 1.54) is 6.42 Å². The summed E-state index contributed by atoms with van der Waals surface area (Å²) >= 11 is 0. The van der Waals surface area contributed by atoms with Crippen LogP contribution < -0.4 is 5.73 Å². The van der Waals surface area contributed by atoms with Crippen LogP contribution in [0.15, 0.2) is 6.33 Å². The minimum atomic E-state index is 0.0335. The summed E-state index contributed by atoms with van der Waals surface area (Å²) in [5.41, 5.74) is 6.08. The third kappa shape index (κ3) is 3.63. The fraction of sp³-hybridized carbons (Fsp3) is 0.818. The molecule has 1 aromatic rings. The molecule has 1 heterocycles. The summed E-state index contributed by atoms with van der Waals surface area (Å²) in [5.74, 6) is 1.52. The van der Waals surface area contributed by atoms with Crippen LogP contribution in [-0.4, -0.2) is 14.8 Å². The van der Waals surface area contributed by atoms with Crippen molar-refractivity contribution in [3.05, 3.63) is 12.2 Å². The Morgan fingerprint density at radius 1 is 1.47 bits per heavy atom. The predicted octanol–water partition coefficient (Wildman–Crippen LogP) is 2.12. The number of hydrogen-bond donors (Lipinski definition) is 1. The molecule has 0 saturated heterocycles. The zero-order valence-corrected chi connectivity index (χ0v) is 9.98. The lowest BCUT2D eigenvalue weighted by molar-refractivity contribution is 0.474. The summed E-state index contributed by atoms with van der Waals surface area (Å²) in [4.78, 5) is 0. The molecule has 0 saturated carbocycles. The van der Waals surface area contributed by atoms with E-state index in [-0.39, 0.29) is 6.04 Å². The summed E-state index contributed by atoms with van der Waals surface area (Å²) in [5, 5.41) is 8.05. The van der Waals surface area contributed by atoms with Crippen molar-refractivity contribution in [3.63, 3.8) is 0 Å². The first kappa shape index (κ1) is 12.2. The largest absolute Gasteiger partial charge is 0.321 e. The fourth-order valence-corrected chi connectivity index (χ4v) is 1.64. The average molecular weight is 210 g/mol. The highest BCUT2D eigenvalue weighted by atomic mass is 15.3. The van der Waals surface area contributed by atoms with Gasteiger partial charge in [0.2, 0.25) is 0 Å². The van der Waals surface area contributed by atoms with E-state index in [4.69, 9.17) is 5.73 Å². The Balaban J connectivity index is 2.62. The Labute approximate surface area is 91.9 Å². The molecule has 0 aliphatic heterocycles. The van der Waals surface area contributed by atoms with Crippen LogP contribution in [0.1, 0.15) is 51.9 Å².